The minimum absolute atomic E-state index is 0.384. The Hall–Kier alpha value is -1.06. The molecule has 1 aromatic carbocycles. The number of hydrogen-bond donors (Lipinski definition) is 1. The van der Waals surface area contributed by atoms with Crippen molar-refractivity contribution < 1.29 is 14.6 Å². The van der Waals surface area contributed by atoms with Gasteiger partial charge >= 0.3 is 0 Å². The second kappa shape index (κ2) is 7.40. The highest BCUT2D eigenvalue weighted by Crippen LogP contribution is 2.56. The summed E-state index contributed by atoms with van der Waals surface area (Å²) < 4.78 is 11.2. The number of ether oxygens (including phenoxy) is 2. The molecule has 1 saturated heterocycles. The molecule has 2 bridgehead atoms. The molecule has 1 heterocycles. The van der Waals surface area contributed by atoms with E-state index in [1.165, 1.54) is 68.1 Å². The van der Waals surface area contributed by atoms with Crippen LogP contribution in [0.3, 0.4) is 0 Å². The number of hydrogen-bond acceptors (Lipinski definition) is 3. The summed E-state index contributed by atoms with van der Waals surface area (Å²) in [4.78, 5) is 0. The fourth-order valence-corrected chi connectivity index (χ4v) is 6.36. The van der Waals surface area contributed by atoms with Crippen molar-refractivity contribution in [3.05, 3.63) is 28.8 Å². The maximum absolute atomic E-state index is 10.6. The van der Waals surface area contributed by atoms with Crippen LogP contribution in [0, 0.1) is 24.7 Å². The Morgan fingerprint density at radius 1 is 1.00 bits per heavy atom. The highest BCUT2D eigenvalue weighted by Gasteiger charge is 2.46. The van der Waals surface area contributed by atoms with Crippen molar-refractivity contribution in [3.63, 3.8) is 0 Å². The topological polar surface area (TPSA) is 42.0 Å². The van der Waals surface area contributed by atoms with Crippen LogP contribution in [0.15, 0.2) is 12.1 Å². The molecule has 4 fully saturated rings. The van der Waals surface area contributed by atoms with E-state index < -0.39 is 0 Å². The van der Waals surface area contributed by atoms with E-state index in [1.54, 1.807) is 0 Å². The van der Waals surface area contributed by atoms with Crippen molar-refractivity contribution in [2.24, 2.45) is 17.8 Å². The van der Waals surface area contributed by atoms with Gasteiger partial charge < -0.3 is 14.6 Å². The van der Waals surface area contributed by atoms with Crippen molar-refractivity contribution in [2.75, 3.05) is 19.8 Å². The summed E-state index contributed by atoms with van der Waals surface area (Å²) in [5.74, 6) is 4.19. The largest absolute Gasteiger partial charge is 0.508 e. The summed E-state index contributed by atoms with van der Waals surface area (Å²) >= 11 is 0. The Bertz CT molecular complexity index is 674. The van der Waals surface area contributed by atoms with Gasteiger partial charge in [-0.15, -0.1) is 0 Å². The first kappa shape index (κ1) is 18.0. The van der Waals surface area contributed by atoms with Gasteiger partial charge in [0.1, 0.15) is 11.9 Å². The molecule has 0 aromatic heterocycles. The zero-order valence-corrected chi connectivity index (χ0v) is 16.7. The van der Waals surface area contributed by atoms with Gasteiger partial charge in [0.15, 0.2) is 0 Å². The number of benzene rings is 1. The zero-order valence-electron chi connectivity index (χ0n) is 16.7. The first-order valence-electron chi connectivity index (χ1n) is 11.2. The third-order valence-corrected chi connectivity index (χ3v) is 7.90. The molecular weight excluding hydrogens is 336 g/mol. The molecule has 1 N–H and O–H groups in total. The molecule has 5 unspecified atom stereocenters. The molecule has 27 heavy (non-hydrogen) atoms. The molecule has 5 rings (SSSR count). The average Bonchev–Trinajstić information content (AvgIpc) is 3.29. The van der Waals surface area contributed by atoms with E-state index in [-0.39, 0.29) is 0 Å². The van der Waals surface area contributed by atoms with Gasteiger partial charge in [-0.2, -0.15) is 0 Å². The number of fused-ring (bicyclic) bond motifs is 2. The molecule has 3 aliphatic carbocycles. The summed E-state index contributed by atoms with van der Waals surface area (Å²) in [5, 5.41) is 10.6. The molecule has 3 heteroatoms. The first-order chi connectivity index (χ1) is 13.2. The van der Waals surface area contributed by atoms with Crippen LogP contribution in [0.1, 0.15) is 79.9 Å². The van der Waals surface area contributed by atoms with Crippen molar-refractivity contribution >= 4 is 0 Å². The fraction of sp³-hybridized carbons (Fsp3) is 0.750. The summed E-state index contributed by atoms with van der Waals surface area (Å²) in [6.07, 6.45) is 10.9. The number of rotatable bonds is 6. The third kappa shape index (κ3) is 3.65. The second-order valence-corrected chi connectivity index (χ2v) is 9.69. The molecule has 1 aromatic rings. The molecule has 0 radical (unpaired) electrons. The second-order valence-electron chi connectivity index (χ2n) is 9.69. The van der Waals surface area contributed by atoms with E-state index in [9.17, 15) is 5.11 Å². The molecule has 5 atom stereocenters. The lowest BCUT2D eigenvalue weighted by Crippen LogP contribution is -2.22. The van der Waals surface area contributed by atoms with Gasteiger partial charge in [-0.3, -0.25) is 0 Å². The molecule has 3 saturated carbocycles. The Balaban J connectivity index is 1.28. The van der Waals surface area contributed by atoms with Crippen molar-refractivity contribution in [3.8, 4) is 5.75 Å². The maximum Gasteiger partial charge on any atom is 0.119 e. The molecule has 3 nitrogen and oxygen atoms in total. The van der Waals surface area contributed by atoms with Gasteiger partial charge in [0.25, 0.3) is 0 Å². The zero-order chi connectivity index (χ0) is 18.4. The Labute approximate surface area is 163 Å². The lowest BCUT2D eigenvalue weighted by Gasteiger charge is -2.30. The number of phenols is 1. The van der Waals surface area contributed by atoms with Crippen molar-refractivity contribution in [1.82, 2.24) is 0 Å². The number of aromatic hydroxyl groups is 1. The number of phenolic OH excluding ortho intramolecular Hbond substituents is 1. The molecule has 0 spiro atoms. The van der Waals surface area contributed by atoms with E-state index in [0.29, 0.717) is 23.7 Å². The number of aryl methyl sites for hydroxylation is 1. The normalized spacial score (nSPS) is 35.7. The summed E-state index contributed by atoms with van der Waals surface area (Å²) in [7, 11) is 0. The predicted octanol–water partition coefficient (Wildman–Crippen LogP) is 5.29. The van der Waals surface area contributed by atoms with E-state index in [1.807, 2.05) is 0 Å². The Kier molecular flexibility index (Phi) is 4.94. The van der Waals surface area contributed by atoms with Crippen LogP contribution in [0.25, 0.3) is 0 Å². The van der Waals surface area contributed by atoms with Gasteiger partial charge in [-0.1, -0.05) is 25.3 Å². The van der Waals surface area contributed by atoms with Crippen LogP contribution in [-0.2, 0) is 9.47 Å². The third-order valence-electron chi connectivity index (χ3n) is 7.90. The summed E-state index contributed by atoms with van der Waals surface area (Å²) in [6.45, 7) is 4.80. The highest BCUT2D eigenvalue weighted by atomic mass is 16.6. The highest BCUT2D eigenvalue weighted by molar-refractivity contribution is 5.45. The number of epoxide rings is 1. The van der Waals surface area contributed by atoms with Gasteiger partial charge in [0, 0.05) is 6.61 Å². The smallest absolute Gasteiger partial charge is 0.119 e. The monoisotopic (exact) mass is 370 g/mol. The van der Waals surface area contributed by atoms with Crippen LogP contribution >= 0.6 is 0 Å². The maximum atomic E-state index is 10.6. The van der Waals surface area contributed by atoms with Gasteiger partial charge in [-0.25, -0.2) is 0 Å². The molecule has 1 aliphatic heterocycles. The summed E-state index contributed by atoms with van der Waals surface area (Å²) in [5.41, 5.74) is 4.07. The first-order valence-corrected chi connectivity index (χ1v) is 11.2. The Morgan fingerprint density at radius 3 is 2.52 bits per heavy atom. The summed E-state index contributed by atoms with van der Waals surface area (Å²) in [6, 6.07) is 4.46. The standard InChI is InChI=1S/C24H34O3/c1-15-7-24(25)23(16-5-3-2-4-6-16)11-21(15)22-10-17-8-18(22)9-19(17)12-26-13-20-14-27-20/h7,11,16-20,22,25H,2-6,8-10,12-14H2,1H3. The minimum atomic E-state index is 0.384. The van der Waals surface area contributed by atoms with E-state index in [4.69, 9.17) is 9.47 Å². The predicted molar refractivity (Wildman–Crippen MR) is 106 cm³/mol. The SMILES string of the molecule is Cc1cc(O)c(C2CCCCC2)cc1C1CC2CC1CC2COCC1CO1. The van der Waals surface area contributed by atoms with Crippen LogP contribution < -0.4 is 0 Å². The average molecular weight is 371 g/mol. The lowest BCUT2D eigenvalue weighted by atomic mass is 9.75. The van der Waals surface area contributed by atoms with Gasteiger partial charge in [0.05, 0.1) is 13.2 Å². The van der Waals surface area contributed by atoms with Crippen LogP contribution in [-0.4, -0.2) is 31.0 Å². The van der Waals surface area contributed by atoms with E-state index in [0.717, 1.165) is 37.6 Å². The molecule has 4 aliphatic rings. The quantitative estimate of drug-likeness (QED) is 0.692. The Morgan fingerprint density at radius 2 is 1.81 bits per heavy atom. The molecular formula is C24H34O3. The van der Waals surface area contributed by atoms with Crippen LogP contribution in [0.5, 0.6) is 5.75 Å². The van der Waals surface area contributed by atoms with E-state index in [2.05, 4.69) is 19.1 Å². The van der Waals surface area contributed by atoms with Gasteiger partial charge in [-0.05, 0) is 91.4 Å². The molecule has 0 amide bonds. The molecule has 148 valence electrons. The van der Waals surface area contributed by atoms with Crippen molar-refractivity contribution in [2.45, 2.75) is 76.2 Å². The van der Waals surface area contributed by atoms with Crippen LogP contribution in [0.2, 0.25) is 0 Å². The fourth-order valence-electron chi connectivity index (χ4n) is 6.36. The van der Waals surface area contributed by atoms with E-state index >= 15 is 0 Å². The lowest BCUT2D eigenvalue weighted by molar-refractivity contribution is 0.0658. The van der Waals surface area contributed by atoms with Gasteiger partial charge in [0.2, 0.25) is 0 Å². The minimum Gasteiger partial charge on any atom is -0.508 e. The van der Waals surface area contributed by atoms with Crippen LogP contribution in [0.4, 0.5) is 0 Å². The van der Waals surface area contributed by atoms with Crippen molar-refractivity contribution in [1.29, 1.82) is 0 Å².